The molecule has 0 N–H and O–H groups in total. The van der Waals surface area contributed by atoms with Gasteiger partial charge in [-0.05, 0) is 34.9 Å². The highest BCUT2D eigenvalue weighted by Crippen LogP contribution is 2.50. The highest BCUT2D eigenvalue weighted by molar-refractivity contribution is 7.21. The van der Waals surface area contributed by atoms with Crippen LogP contribution in [0.3, 0.4) is 0 Å². The number of hydrogen-bond donors (Lipinski definition) is 0. The standard InChI is InChI=1S/C32H20OS/c1-3-11-21(12-4-1)23-19-20-28-29(26-17-9-10-18-27(26)33-28)30(23)32-25-16-8-7-15-24(25)31(34-32)22-13-5-2-6-14-22/h1-20H. The van der Waals surface area contributed by atoms with Crippen molar-refractivity contribution in [3.63, 3.8) is 0 Å². The number of rotatable bonds is 3. The smallest absolute Gasteiger partial charge is 0.136 e. The second-order valence-electron chi connectivity index (χ2n) is 8.50. The fourth-order valence-electron chi connectivity index (χ4n) is 4.99. The van der Waals surface area contributed by atoms with Crippen molar-refractivity contribution in [3.8, 4) is 32.0 Å². The maximum absolute atomic E-state index is 6.31. The van der Waals surface area contributed by atoms with Gasteiger partial charge in [0.1, 0.15) is 11.2 Å². The van der Waals surface area contributed by atoms with E-state index in [4.69, 9.17) is 4.42 Å². The van der Waals surface area contributed by atoms with Crippen LogP contribution in [0.15, 0.2) is 126 Å². The van der Waals surface area contributed by atoms with E-state index in [0.29, 0.717) is 0 Å². The van der Waals surface area contributed by atoms with E-state index in [2.05, 4.69) is 115 Å². The van der Waals surface area contributed by atoms with Gasteiger partial charge in [0.05, 0.1) is 0 Å². The maximum Gasteiger partial charge on any atom is 0.136 e. The Hall–Kier alpha value is -4.14. The van der Waals surface area contributed by atoms with E-state index in [9.17, 15) is 0 Å². The van der Waals surface area contributed by atoms with Gasteiger partial charge in [-0.1, -0.05) is 103 Å². The molecular weight excluding hydrogens is 432 g/mol. The van der Waals surface area contributed by atoms with Crippen molar-refractivity contribution in [1.29, 1.82) is 0 Å². The molecule has 0 aliphatic carbocycles. The van der Waals surface area contributed by atoms with Gasteiger partial charge in [-0.15, -0.1) is 11.3 Å². The minimum absolute atomic E-state index is 0.924. The van der Waals surface area contributed by atoms with Crippen LogP contribution < -0.4 is 0 Å². The first-order valence-corrected chi connectivity index (χ1v) is 12.3. The summed E-state index contributed by atoms with van der Waals surface area (Å²) in [5.74, 6) is 0. The topological polar surface area (TPSA) is 13.1 Å². The maximum atomic E-state index is 6.31. The molecule has 0 fully saturated rings. The Bertz CT molecular complexity index is 1790. The van der Waals surface area contributed by atoms with Crippen molar-refractivity contribution in [2.75, 3.05) is 0 Å². The third-order valence-electron chi connectivity index (χ3n) is 6.51. The predicted molar refractivity (Wildman–Crippen MR) is 145 cm³/mol. The van der Waals surface area contributed by atoms with Crippen LogP contribution in [-0.4, -0.2) is 0 Å². The van der Waals surface area contributed by atoms with Crippen molar-refractivity contribution in [1.82, 2.24) is 0 Å². The molecule has 0 spiro atoms. The highest BCUT2D eigenvalue weighted by Gasteiger charge is 2.22. The summed E-state index contributed by atoms with van der Waals surface area (Å²) < 4.78 is 6.31. The molecular formula is C32H20OS. The van der Waals surface area contributed by atoms with E-state index < -0.39 is 0 Å². The Balaban J connectivity index is 1.66. The van der Waals surface area contributed by atoms with Crippen molar-refractivity contribution in [3.05, 3.63) is 121 Å². The molecule has 0 unspecified atom stereocenters. The third-order valence-corrected chi connectivity index (χ3v) is 7.80. The molecule has 2 aromatic heterocycles. The molecule has 0 saturated heterocycles. The molecule has 0 saturated carbocycles. The van der Waals surface area contributed by atoms with Crippen LogP contribution in [-0.2, 0) is 0 Å². The largest absolute Gasteiger partial charge is 0.456 e. The van der Waals surface area contributed by atoms with Gasteiger partial charge in [0.2, 0.25) is 0 Å². The molecule has 5 aromatic carbocycles. The van der Waals surface area contributed by atoms with E-state index in [0.717, 1.165) is 16.6 Å². The van der Waals surface area contributed by atoms with Crippen LogP contribution in [0.5, 0.6) is 0 Å². The summed E-state index contributed by atoms with van der Waals surface area (Å²) >= 11 is 1.87. The lowest BCUT2D eigenvalue weighted by Crippen LogP contribution is -1.85. The summed E-state index contributed by atoms with van der Waals surface area (Å²) in [6.45, 7) is 0. The fraction of sp³-hybridized carbons (Fsp3) is 0. The number of thiophene rings is 1. The van der Waals surface area contributed by atoms with Crippen LogP contribution in [0.2, 0.25) is 0 Å². The first kappa shape index (κ1) is 19.3. The quantitative estimate of drug-likeness (QED) is 0.260. The lowest BCUT2D eigenvalue weighted by molar-refractivity contribution is 0.669. The summed E-state index contributed by atoms with van der Waals surface area (Å²) in [5.41, 5.74) is 6.79. The van der Waals surface area contributed by atoms with E-state index in [1.807, 2.05) is 17.4 Å². The van der Waals surface area contributed by atoms with Gasteiger partial charge in [0.25, 0.3) is 0 Å². The average molecular weight is 453 g/mol. The summed E-state index contributed by atoms with van der Waals surface area (Å²) in [6, 6.07) is 42.9. The van der Waals surface area contributed by atoms with Crippen LogP contribution in [0.1, 0.15) is 0 Å². The zero-order valence-electron chi connectivity index (χ0n) is 18.4. The van der Waals surface area contributed by atoms with Crippen molar-refractivity contribution in [2.24, 2.45) is 0 Å². The predicted octanol–water partition coefficient (Wildman–Crippen LogP) is 9.80. The minimum Gasteiger partial charge on any atom is -0.456 e. The molecule has 7 rings (SSSR count). The molecule has 0 aliphatic heterocycles. The molecule has 2 heterocycles. The highest BCUT2D eigenvalue weighted by atomic mass is 32.1. The molecule has 7 aromatic rings. The van der Waals surface area contributed by atoms with Gasteiger partial charge >= 0.3 is 0 Å². The average Bonchev–Trinajstić information content (AvgIpc) is 3.48. The number of hydrogen-bond acceptors (Lipinski definition) is 2. The van der Waals surface area contributed by atoms with E-state index in [1.165, 1.54) is 48.2 Å². The number of fused-ring (bicyclic) bond motifs is 4. The molecule has 2 heteroatoms. The zero-order chi connectivity index (χ0) is 22.5. The van der Waals surface area contributed by atoms with E-state index in [-0.39, 0.29) is 0 Å². The van der Waals surface area contributed by atoms with Crippen molar-refractivity contribution in [2.45, 2.75) is 0 Å². The lowest BCUT2D eigenvalue weighted by atomic mass is 9.92. The van der Waals surface area contributed by atoms with Crippen LogP contribution in [0, 0.1) is 0 Å². The van der Waals surface area contributed by atoms with Crippen molar-refractivity contribution < 1.29 is 4.42 Å². The Kier molecular flexibility index (Phi) is 4.39. The molecule has 1 nitrogen and oxygen atoms in total. The van der Waals surface area contributed by atoms with Crippen LogP contribution >= 0.6 is 11.3 Å². The number of furan rings is 1. The van der Waals surface area contributed by atoms with Gasteiger partial charge < -0.3 is 4.42 Å². The zero-order valence-corrected chi connectivity index (χ0v) is 19.2. The van der Waals surface area contributed by atoms with Gasteiger partial charge in [0.15, 0.2) is 0 Å². The van der Waals surface area contributed by atoms with Gasteiger partial charge in [-0.3, -0.25) is 0 Å². The van der Waals surface area contributed by atoms with E-state index >= 15 is 0 Å². The Labute approximate surface area is 201 Å². The number of para-hydroxylation sites is 1. The molecule has 0 amide bonds. The van der Waals surface area contributed by atoms with Crippen LogP contribution in [0.25, 0.3) is 64.7 Å². The minimum atomic E-state index is 0.924. The summed E-state index contributed by atoms with van der Waals surface area (Å²) in [5, 5.41) is 4.91. The normalized spacial score (nSPS) is 11.5. The molecule has 34 heavy (non-hydrogen) atoms. The van der Waals surface area contributed by atoms with Gasteiger partial charge in [-0.25, -0.2) is 0 Å². The van der Waals surface area contributed by atoms with Crippen LogP contribution in [0.4, 0.5) is 0 Å². The number of benzene rings is 5. The van der Waals surface area contributed by atoms with Gasteiger partial charge in [0, 0.05) is 36.9 Å². The Morgan fingerprint density at radius 1 is 0.441 bits per heavy atom. The second-order valence-corrected chi connectivity index (χ2v) is 9.52. The summed E-state index contributed by atoms with van der Waals surface area (Å²) in [7, 11) is 0. The lowest BCUT2D eigenvalue weighted by Gasteiger charge is -2.11. The first-order chi connectivity index (χ1) is 16.9. The molecule has 160 valence electrons. The van der Waals surface area contributed by atoms with Crippen molar-refractivity contribution >= 4 is 44.0 Å². The SMILES string of the molecule is c1ccc(-c2ccc3oc4ccccc4c3c2-c2sc(-c3ccccc3)c3ccccc23)cc1. The Morgan fingerprint density at radius 3 is 1.76 bits per heavy atom. The molecule has 0 bridgehead atoms. The first-order valence-electron chi connectivity index (χ1n) is 11.5. The fourth-order valence-corrected chi connectivity index (χ4v) is 6.34. The molecule has 0 aliphatic rings. The van der Waals surface area contributed by atoms with E-state index in [1.54, 1.807) is 0 Å². The molecule has 0 atom stereocenters. The summed E-state index contributed by atoms with van der Waals surface area (Å²) in [4.78, 5) is 2.58. The molecule has 0 radical (unpaired) electrons. The second kappa shape index (κ2) is 7.72. The van der Waals surface area contributed by atoms with Gasteiger partial charge in [-0.2, -0.15) is 0 Å². The summed E-state index contributed by atoms with van der Waals surface area (Å²) in [6.07, 6.45) is 0. The third kappa shape index (κ3) is 2.93. The monoisotopic (exact) mass is 452 g/mol. The Morgan fingerprint density at radius 2 is 1.03 bits per heavy atom.